The van der Waals surface area contributed by atoms with Gasteiger partial charge in [-0.3, -0.25) is 10.1 Å². The van der Waals surface area contributed by atoms with E-state index < -0.39 is 11.7 Å². The molecule has 0 radical (unpaired) electrons. The van der Waals surface area contributed by atoms with Gasteiger partial charge in [0.25, 0.3) is 0 Å². The van der Waals surface area contributed by atoms with E-state index >= 15 is 0 Å². The van der Waals surface area contributed by atoms with Gasteiger partial charge in [0, 0.05) is 26.2 Å². The summed E-state index contributed by atoms with van der Waals surface area (Å²) in [5, 5.41) is 2.68. The molecule has 0 aliphatic heterocycles. The molecule has 0 aromatic heterocycles. The topological polar surface area (TPSA) is 58.6 Å². The molecule has 1 aromatic rings. The van der Waals surface area contributed by atoms with Crippen molar-refractivity contribution in [2.75, 3.05) is 12.4 Å². The van der Waals surface area contributed by atoms with Crippen molar-refractivity contribution in [3.05, 3.63) is 29.8 Å². The first-order valence-corrected chi connectivity index (χ1v) is 6.48. The molecule has 0 saturated heterocycles. The molecule has 20 heavy (non-hydrogen) atoms. The van der Waals surface area contributed by atoms with Crippen LogP contribution in [0.5, 0.6) is 0 Å². The fraction of sp³-hybridized carbons (Fsp3) is 0.467. The van der Waals surface area contributed by atoms with Gasteiger partial charge in [0.2, 0.25) is 5.91 Å². The number of carbonyl (C=O) groups is 2. The molecule has 1 rings (SSSR count). The van der Waals surface area contributed by atoms with E-state index in [1.54, 1.807) is 18.0 Å². The summed E-state index contributed by atoms with van der Waals surface area (Å²) in [7, 11) is 1.73. The first-order valence-electron chi connectivity index (χ1n) is 6.48. The number of rotatable bonds is 3. The summed E-state index contributed by atoms with van der Waals surface area (Å²) in [5.41, 5.74) is 1.06. The van der Waals surface area contributed by atoms with E-state index in [0.29, 0.717) is 12.2 Å². The van der Waals surface area contributed by atoms with Crippen LogP contribution in [0.25, 0.3) is 0 Å². The van der Waals surface area contributed by atoms with Crippen LogP contribution in [0.2, 0.25) is 0 Å². The zero-order chi connectivity index (χ0) is 15.3. The van der Waals surface area contributed by atoms with Crippen LogP contribution in [0.4, 0.5) is 10.5 Å². The van der Waals surface area contributed by atoms with Crippen molar-refractivity contribution in [3.8, 4) is 0 Å². The molecular formula is C15H22N2O3. The average molecular weight is 278 g/mol. The number of amides is 2. The lowest BCUT2D eigenvalue weighted by Gasteiger charge is -2.20. The smallest absolute Gasteiger partial charge is 0.412 e. The highest BCUT2D eigenvalue weighted by Crippen LogP contribution is 2.14. The number of hydrogen-bond donors (Lipinski definition) is 1. The molecule has 0 atom stereocenters. The molecule has 1 aromatic carbocycles. The first kappa shape index (κ1) is 16.0. The van der Waals surface area contributed by atoms with Gasteiger partial charge >= 0.3 is 6.09 Å². The van der Waals surface area contributed by atoms with Crippen molar-refractivity contribution in [1.29, 1.82) is 0 Å². The lowest BCUT2D eigenvalue weighted by Crippen LogP contribution is -2.27. The number of benzene rings is 1. The van der Waals surface area contributed by atoms with Gasteiger partial charge in [-0.1, -0.05) is 12.1 Å². The Morgan fingerprint density at radius 2 is 1.95 bits per heavy atom. The van der Waals surface area contributed by atoms with E-state index in [4.69, 9.17) is 4.74 Å². The third-order valence-electron chi connectivity index (χ3n) is 2.53. The second-order valence-corrected chi connectivity index (χ2v) is 5.70. The first-order chi connectivity index (χ1) is 9.17. The Kier molecular flexibility index (Phi) is 5.13. The van der Waals surface area contributed by atoms with E-state index in [1.807, 2.05) is 39.0 Å². The van der Waals surface area contributed by atoms with Crippen LogP contribution in [-0.2, 0) is 16.1 Å². The van der Waals surface area contributed by atoms with Gasteiger partial charge in [0.05, 0.1) is 0 Å². The summed E-state index contributed by atoms with van der Waals surface area (Å²) >= 11 is 0. The molecule has 5 nitrogen and oxygen atoms in total. The minimum absolute atomic E-state index is 0.00416. The molecular weight excluding hydrogens is 256 g/mol. The number of hydrogen-bond acceptors (Lipinski definition) is 3. The lowest BCUT2D eigenvalue weighted by atomic mass is 10.2. The maximum atomic E-state index is 11.7. The third kappa shape index (κ3) is 5.73. The maximum absolute atomic E-state index is 11.7. The minimum atomic E-state index is -0.531. The maximum Gasteiger partial charge on any atom is 0.412 e. The van der Waals surface area contributed by atoms with Crippen molar-refractivity contribution in [2.45, 2.75) is 39.8 Å². The Labute approximate surface area is 119 Å². The van der Waals surface area contributed by atoms with Crippen molar-refractivity contribution in [3.63, 3.8) is 0 Å². The van der Waals surface area contributed by atoms with Gasteiger partial charge in [0.1, 0.15) is 5.60 Å². The average Bonchev–Trinajstić information content (AvgIpc) is 2.26. The van der Waals surface area contributed by atoms with E-state index in [-0.39, 0.29) is 5.91 Å². The monoisotopic (exact) mass is 278 g/mol. The SMILES string of the molecule is CC(=O)N(C)Cc1cccc(NC(=O)OC(C)(C)C)c1. The Bertz CT molecular complexity index is 492. The van der Waals surface area contributed by atoms with Crippen LogP contribution in [-0.4, -0.2) is 29.5 Å². The molecule has 0 aliphatic rings. The largest absolute Gasteiger partial charge is 0.444 e. The molecule has 0 fully saturated rings. The second kappa shape index (κ2) is 6.41. The Balaban J connectivity index is 2.69. The van der Waals surface area contributed by atoms with Crippen molar-refractivity contribution >= 4 is 17.7 Å². The zero-order valence-electron chi connectivity index (χ0n) is 12.7. The molecule has 2 amide bonds. The summed E-state index contributed by atoms with van der Waals surface area (Å²) in [6.07, 6.45) is -0.491. The normalized spacial score (nSPS) is 10.8. The van der Waals surface area contributed by atoms with Crippen molar-refractivity contribution in [1.82, 2.24) is 4.90 Å². The van der Waals surface area contributed by atoms with Gasteiger partial charge in [0.15, 0.2) is 0 Å². The van der Waals surface area contributed by atoms with Gasteiger partial charge in [-0.05, 0) is 38.5 Å². The molecule has 0 heterocycles. The van der Waals surface area contributed by atoms with Gasteiger partial charge < -0.3 is 9.64 Å². The van der Waals surface area contributed by atoms with E-state index in [1.165, 1.54) is 6.92 Å². The minimum Gasteiger partial charge on any atom is -0.444 e. The summed E-state index contributed by atoms with van der Waals surface area (Å²) < 4.78 is 5.19. The Morgan fingerprint density at radius 1 is 1.30 bits per heavy atom. The predicted molar refractivity (Wildman–Crippen MR) is 78.4 cm³/mol. The highest BCUT2D eigenvalue weighted by Gasteiger charge is 2.16. The van der Waals surface area contributed by atoms with Crippen LogP contribution in [0.3, 0.4) is 0 Å². The van der Waals surface area contributed by atoms with Crippen LogP contribution in [0, 0.1) is 0 Å². The summed E-state index contributed by atoms with van der Waals surface area (Å²) in [4.78, 5) is 24.5. The van der Waals surface area contributed by atoms with Gasteiger partial charge in [-0.2, -0.15) is 0 Å². The highest BCUT2D eigenvalue weighted by molar-refractivity contribution is 5.85. The molecule has 1 N–H and O–H groups in total. The van der Waals surface area contributed by atoms with Crippen molar-refractivity contribution in [2.24, 2.45) is 0 Å². The number of ether oxygens (including phenoxy) is 1. The van der Waals surface area contributed by atoms with Crippen molar-refractivity contribution < 1.29 is 14.3 Å². The standard InChI is InChI=1S/C15H22N2O3/c1-11(18)17(5)10-12-7-6-8-13(9-12)16-14(19)20-15(2,3)4/h6-9H,10H2,1-5H3,(H,16,19). The van der Waals surface area contributed by atoms with Gasteiger partial charge in [-0.15, -0.1) is 0 Å². The molecule has 0 saturated carbocycles. The summed E-state index contributed by atoms with van der Waals surface area (Å²) in [5.74, 6) is -0.00416. The van der Waals surface area contributed by atoms with Crippen LogP contribution < -0.4 is 5.32 Å². The lowest BCUT2D eigenvalue weighted by molar-refractivity contribution is -0.128. The van der Waals surface area contributed by atoms with E-state index in [2.05, 4.69) is 5.32 Å². The summed E-state index contributed by atoms with van der Waals surface area (Å²) in [6, 6.07) is 7.33. The number of anilines is 1. The molecule has 110 valence electrons. The second-order valence-electron chi connectivity index (χ2n) is 5.70. The Hall–Kier alpha value is -2.04. The Morgan fingerprint density at radius 3 is 2.50 bits per heavy atom. The number of nitrogens with one attached hydrogen (secondary N) is 1. The number of carbonyl (C=O) groups excluding carboxylic acids is 2. The summed E-state index contributed by atoms with van der Waals surface area (Å²) in [6.45, 7) is 7.45. The molecule has 5 heteroatoms. The van der Waals surface area contributed by atoms with Crippen LogP contribution >= 0.6 is 0 Å². The molecule has 0 bridgehead atoms. The van der Waals surface area contributed by atoms with E-state index in [0.717, 1.165) is 5.56 Å². The van der Waals surface area contributed by atoms with Crippen LogP contribution in [0.15, 0.2) is 24.3 Å². The van der Waals surface area contributed by atoms with Crippen LogP contribution in [0.1, 0.15) is 33.3 Å². The quantitative estimate of drug-likeness (QED) is 0.924. The fourth-order valence-electron chi connectivity index (χ4n) is 1.55. The predicted octanol–water partition coefficient (Wildman–Crippen LogP) is 3.01. The fourth-order valence-corrected chi connectivity index (χ4v) is 1.55. The third-order valence-corrected chi connectivity index (χ3v) is 2.53. The molecule has 0 spiro atoms. The molecule has 0 unspecified atom stereocenters. The van der Waals surface area contributed by atoms with Gasteiger partial charge in [-0.25, -0.2) is 4.79 Å². The zero-order valence-corrected chi connectivity index (χ0v) is 12.7. The molecule has 0 aliphatic carbocycles. The number of nitrogens with zero attached hydrogens (tertiary/aromatic N) is 1. The highest BCUT2D eigenvalue weighted by atomic mass is 16.6. The van der Waals surface area contributed by atoms with E-state index in [9.17, 15) is 9.59 Å².